The maximum Gasteiger partial charge on any atom is 0.00693 e. The summed E-state index contributed by atoms with van der Waals surface area (Å²) in [7, 11) is 0. The van der Waals surface area contributed by atoms with Gasteiger partial charge in [0, 0.05) is 12.1 Å². The van der Waals surface area contributed by atoms with E-state index in [4.69, 9.17) is 0 Å². The van der Waals surface area contributed by atoms with Gasteiger partial charge >= 0.3 is 0 Å². The minimum Gasteiger partial charge on any atom is -0.312 e. The molecule has 0 bridgehead atoms. The Morgan fingerprint density at radius 3 is 1.46 bits per heavy atom. The first kappa shape index (κ1) is 13.0. The van der Waals surface area contributed by atoms with E-state index in [1.54, 1.807) is 0 Å². The highest BCUT2D eigenvalue weighted by Crippen LogP contribution is 2.22. The van der Waals surface area contributed by atoms with Crippen molar-refractivity contribution in [3.8, 4) is 0 Å². The molecule has 1 N–H and O–H groups in total. The lowest BCUT2D eigenvalue weighted by atomic mass is 9.82. The molecule has 0 aliphatic rings. The van der Waals surface area contributed by atoms with Crippen LogP contribution in [0.3, 0.4) is 0 Å². The fourth-order valence-electron chi connectivity index (χ4n) is 1.74. The molecule has 0 aromatic rings. The maximum atomic E-state index is 3.58. The Kier molecular flexibility index (Phi) is 5.62. The molecule has 0 rings (SSSR count). The van der Waals surface area contributed by atoms with E-state index in [2.05, 4.69) is 53.8 Å². The van der Waals surface area contributed by atoms with E-state index >= 15 is 0 Å². The van der Waals surface area contributed by atoms with E-state index in [9.17, 15) is 0 Å². The fraction of sp³-hybridized carbons (Fsp3) is 1.00. The van der Waals surface area contributed by atoms with Crippen molar-refractivity contribution in [2.75, 3.05) is 0 Å². The normalized spacial score (nSPS) is 19.2. The topological polar surface area (TPSA) is 12.0 Å². The summed E-state index contributed by atoms with van der Waals surface area (Å²) in [5.74, 6) is 2.33. The molecule has 0 saturated heterocycles. The third-order valence-corrected chi connectivity index (χ3v) is 3.27. The highest BCUT2D eigenvalue weighted by molar-refractivity contribution is 4.76. The van der Waals surface area contributed by atoms with Crippen molar-refractivity contribution in [1.29, 1.82) is 0 Å². The Morgan fingerprint density at radius 1 is 0.692 bits per heavy atom. The monoisotopic (exact) mass is 185 g/mol. The quantitative estimate of drug-likeness (QED) is 0.693. The van der Waals surface area contributed by atoms with Gasteiger partial charge in [-0.1, -0.05) is 41.5 Å². The molecule has 0 aliphatic heterocycles. The lowest BCUT2D eigenvalue weighted by Crippen LogP contribution is -2.40. The summed E-state index contributed by atoms with van der Waals surface area (Å²) < 4.78 is 0. The second-order valence-corrected chi connectivity index (χ2v) is 5.07. The summed E-state index contributed by atoms with van der Waals surface area (Å²) in [6.45, 7) is 16.0. The highest BCUT2D eigenvalue weighted by atomic mass is 14.9. The Hall–Kier alpha value is -0.0400. The van der Waals surface area contributed by atoms with E-state index in [-0.39, 0.29) is 0 Å². The molecule has 0 radical (unpaired) electrons. The maximum absolute atomic E-state index is 3.58. The standard InChI is InChI=1S/C12H27N/c1-8(2)10(5)11(6)12(7)13-9(3)4/h8-13H,1-7H3. The largest absolute Gasteiger partial charge is 0.312 e. The summed E-state index contributed by atoms with van der Waals surface area (Å²) in [5, 5.41) is 3.58. The van der Waals surface area contributed by atoms with Gasteiger partial charge in [-0.2, -0.15) is 0 Å². The lowest BCUT2D eigenvalue weighted by Gasteiger charge is -2.30. The average Bonchev–Trinajstić information content (AvgIpc) is 2.00. The molecule has 80 valence electrons. The Labute approximate surface area is 84.3 Å². The van der Waals surface area contributed by atoms with Gasteiger partial charge in [-0.3, -0.25) is 0 Å². The molecule has 0 aliphatic carbocycles. The van der Waals surface area contributed by atoms with E-state index in [0.717, 1.165) is 17.8 Å². The second-order valence-electron chi connectivity index (χ2n) is 5.07. The van der Waals surface area contributed by atoms with Crippen molar-refractivity contribution in [2.24, 2.45) is 17.8 Å². The zero-order valence-electron chi connectivity index (χ0n) is 10.4. The van der Waals surface area contributed by atoms with Crippen LogP contribution in [0.1, 0.15) is 48.5 Å². The minimum absolute atomic E-state index is 0.594. The van der Waals surface area contributed by atoms with Crippen molar-refractivity contribution in [3.05, 3.63) is 0 Å². The number of hydrogen-bond donors (Lipinski definition) is 1. The molecule has 1 heteroatoms. The minimum atomic E-state index is 0.594. The van der Waals surface area contributed by atoms with E-state index in [1.165, 1.54) is 0 Å². The summed E-state index contributed by atoms with van der Waals surface area (Å²) in [4.78, 5) is 0. The zero-order chi connectivity index (χ0) is 10.6. The first-order valence-corrected chi connectivity index (χ1v) is 5.62. The van der Waals surface area contributed by atoms with Crippen LogP contribution < -0.4 is 5.32 Å². The molecule has 0 amide bonds. The third kappa shape index (κ3) is 4.66. The average molecular weight is 185 g/mol. The molecule has 3 unspecified atom stereocenters. The number of rotatable bonds is 5. The number of nitrogens with one attached hydrogen (secondary N) is 1. The smallest absolute Gasteiger partial charge is 0.00693 e. The molecule has 1 nitrogen and oxygen atoms in total. The van der Waals surface area contributed by atoms with Crippen LogP contribution in [0.4, 0.5) is 0 Å². The summed E-state index contributed by atoms with van der Waals surface area (Å²) >= 11 is 0. The van der Waals surface area contributed by atoms with Crippen molar-refractivity contribution in [2.45, 2.75) is 60.5 Å². The van der Waals surface area contributed by atoms with Crippen LogP contribution in [0.2, 0.25) is 0 Å². The van der Waals surface area contributed by atoms with Crippen molar-refractivity contribution >= 4 is 0 Å². The van der Waals surface area contributed by atoms with Gasteiger partial charge < -0.3 is 5.32 Å². The van der Waals surface area contributed by atoms with Gasteiger partial charge in [-0.25, -0.2) is 0 Å². The molecular formula is C12H27N. The predicted molar refractivity (Wildman–Crippen MR) is 60.9 cm³/mol. The predicted octanol–water partition coefficient (Wildman–Crippen LogP) is 3.30. The Bertz CT molecular complexity index is 129. The third-order valence-electron chi connectivity index (χ3n) is 3.27. The SMILES string of the molecule is CC(C)NC(C)C(C)C(C)C(C)C. The van der Waals surface area contributed by atoms with Gasteiger partial charge in [0.25, 0.3) is 0 Å². The van der Waals surface area contributed by atoms with Gasteiger partial charge in [0.05, 0.1) is 0 Å². The second kappa shape index (κ2) is 5.64. The van der Waals surface area contributed by atoms with Crippen LogP contribution in [0.15, 0.2) is 0 Å². The first-order valence-electron chi connectivity index (χ1n) is 5.62. The molecule has 0 heterocycles. The van der Waals surface area contributed by atoms with Crippen LogP contribution in [0.25, 0.3) is 0 Å². The van der Waals surface area contributed by atoms with Crippen molar-refractivity contribution < 1.29 is 0 Å². The molecular weight excluding hydrogens is 158 g/mol. The zero-order valence-corrected chi connectivity index (χ0v) is 10.4. The summed E-state index contributed by atoms with van der Waals surface area (Å²) in [5.41, 5.74) is 0. The molecule has 0 aromatic carbocycles. The van der Waals surface area contributed by atoms with Gasteiger partial charge in [-0.05, 0) is 24.7 Å². The summed E-state index contributed by atoms with van der Waals surface area (Å²) in [6, 6.07) is 1.22. The van der Waals surface area contributed by atoms with Crippen LogP contribution in [0.5, 0.6) is 0 Å². The van der Waals surface area contributed by atoms with Crippen molar-refractivity contribution in [1.82, 2.24) is 5.32 Å². The van der Waals surface area contributed by atoms with Crippen LogP contribution in [-0.2, 0) is 0 Å². The van der Waals surface area contributed by atoms with Crippen molar-refractivity contribution in [3.63, 3.8) is 0 Å². The molecule has 0 saturated carbocycles. The van der Waals surface area contributed by atoms with Crippen LogP contribution >= 0.6 is 0 Å². The fourth-order valence-corrected chi connectivity index (χ4v) is 1.74. The Balaban J connectivity index is 4.01. The highest BCUT2D eigenvalue weighted by Gasteiger charge is 2.21. The summed E-state index contributed by atoms with van der Waals surface area (Å²) in [6.07, 6.45) is 0. The van der Waals surface area contributed by atoms with Gasteiger partial charge in [0.1, 0.15) is 0 Å². The Morgan fingerprint density at radius 2 is 1.15 bits per heavy atom. The van der Waals surface area contributed by atoms with E-state index in [0.29, 0.717) is 12.1 Å². The van der Waals surface area contributed by atoms with Gasteiger partial charge in [0.15, 0.2) is 0 Å². The first-order chi connectivity index (χ1) is 5.86. The number of hydrogen-bond acceptors (Lipinski definition) is 1. The van der Waals surface area contributed by atoms with Gasteiger partial charge in [0.2, 0.25) is 0 Å². The van der Waals surface area contributed by atoms with E-state index in [1.807, 2.05) is 0 Å². The van der Waals surface area contributed by atoms with Crippen LogP contribution in [-0.4, -0.2) is 12.1 Å². The molecule has 13 heavy (non-hydrogen) atoms. The molecule has 0 fully saturated rings. The molecule has 3 atom stereocenters. The lowest BCUT2D eigenvalue weighted by molar-refractivity contribution is 0.232. The molecule has 0 aromatic heterocycles. The van der Waals surface area contributed by atoms with Crippen LogP contribution in [0, 0.1) is 17.8 Å². The molecule has 0 spiro atoms. The van der Waals surface area contributed by atoms with E-state index < -0.39 is 0 Å². The van der Waals surface area contributed by atoms with Gasteiger partial charge in [-0.15, -0.1) is 0 Å².